The van der Waals surface area contributed by atoms with Crippen LogP contribution in [0, 0.1) is 0 Å². The molecule has 0 spiro atoms. The van der Waals surface area contributed by atoms with E-state index in [4.69, 9.17) is 4.74 Å². The highest BCUT2D eigenvalue weighted by Gasteiger charge is 2.18. The Morgan fingerprint density at radius 1 is 0.354 bits per heavy atom. The van der Waals surface area contributed by atoms with Crippen molar-refractivity contribution in [3.63, 3.8) is 0 Å². The molecule has 1 amide bonds. The van der Waals surface area contributed by atoms with Gasteiger partial charge in [-0.3, -0.25) is 9.59 Å². The molecule has 3 N–H and O–H groups in total. The van der Waals surface area contributed by atoms with Gasteiger partial charge >= 0.3 is 5.97 Å². The minimum absolute atomic E-state index is 0.00135. The molecular weight excluding hydrogens is 971 g/mol. The largest absolute Gasteiger partial charge is 0.466 e. The van der Waals surface area contributed by atoms with Gasteiger partial charge in [-0.2, -0.15) is 0 Å². The third kappa shape index (κ3) is 64.8. The average Bonchev–Trinajstić information content (AvgIpc) is 3.45. The van der Waals surface area contributed by atoms with E-state index >= 15 is 0 Å². The van der Waals surface area contributed by atoms with Crippen LogP contribution in [-0.4, -0.2) is 47.4 Å². The lowest BCUT2D eigenvalue weighted by Crippen LogP contribution is -2.45. The summed E-state index contributed by atoms with van der Waals surface area (Å²) in [6.45, 7) is 4.86. The Labute approximate surface area is 493 Å². The van der Waals surface area contributed by atoms with Crippen molar-refractivity contribution in [3.8, 4) is 0 Å². The molecule has 6 nitrogen and oxygen atoms in total. The van der Waals surface area contributed by atoms with Crippen LogP contribution < -0.4 is 5.32 Å². The van der Waals surface area contributed by atoms with Crippen molar-refractivity contribution in [2.75, 3.05) is 13.2 Å². The van der Waals surface area contributed by atoms with Crippen LogP contribution in [0.3, 0.4) is 0 Å². The molecule has 79 heavy (non-hydrogen) atoms. The number of carbonyl (C=O) groups is 2. The van der Waals surface area contributed by atoms with Crippen molar-refractivity contribution in [1.82, 2.24) is 5.32 Å². The minimum Gasteiger partial charge on any atom is -0.466 e. The zero-order chi connectivity index (χ0) is 57.1. The molecule has 0 saturated carbocycles. The molecule has 0 radical (unpaired) electrons. The second-order valence-corrected chi connectivity index (χ2v) is 24.2. The highest BCUT2D eigenvalue weighted by atomic mass is 16.5. The van der Waals surface area contributed by atoms with Crippen molar-refractivity contribution >= 4 is 11.9 Å². The van der Waals surface area contributed by atoms with E-state index in [0.29, 0.717) is 19.4 Å². The maximum Gasteiger partial charge on any atom is 0.305 e. The second-order valence-electron chi connectivity index (χ2n) is 24.2. The number of aliphatic hydroxyl groups is 2. The molecule has 0 aliphatic rings. The number of hydrogen-bond acceptors (Lipinski definition) is 5. The van der Waals surface area contributed by atoms with Crippen LogP contribution in [0.15, 0.2) is 48.6 Å². The number of hydrogen-bond donors (Lipinski definition) is 3. The topological polar surface area (TPSA) is 95.9 Å². The van der Waals surface area contributed by atoms with Crippen LogP contribution in [0.2, 0.25) is 0 Å². The molecule has 0 aromatic heterocycles. The summed E-state index contributed by atoms with van der Waals surface area (Å²) in [5.41, 5.74) is 0. The number of allylic oxidation sites excluding steroid dienone is 7. The fourth-order valence-corrected chi connectivity index (χ4v) is 10.9. The number of esters is 1. The number of amides is 1. The van der Waals surface area contributed by atoms with Gasteiger partial charge in [0.1, 0.15) is 0 Å². The number of nitrogens with one attached hydrogen (secondary N) is 1. The Morgan fingerprint density at radius 2 is 0.658 bits per heavy atom. The molecule has 464 valence electrons. The molecule has 0 aliphatic heterocycles. The second kappa shape index (κ2) is 68.3. The molecule has 0 fully saturated rings. The zero-order valence-corrected chi connectivity index (χ0v) is 53.1. The first kappa shape index (κ1) is 76.8. The monoisotopic (exact) mass is 1110 g/mol. The summed E-state index contributed by atoms with van der Waals surface area (Å²) in [7, 11) is 0. The lowest BCUT2D eigenvalue weighted by molar-refractivity contribution is -0.143. The smallest absolute Gasteiger partial charge is 0.305 e. The van der Waals surface area contributed by atoms with E-state index in [9.17, 15) is 19.8 Å². The van der Waals surface area contributed by atoms with E-state index in [0.717, 1.165) is 51.4 Å². The van der Waals surface area contributed by atoms with Gasteiger partial charge in [-0.15, -0.1) is 0 Å². The summed E-state index contributed by atoms with van der Waals surface area (Å²) in [5, 5.41) is 23.3. The van der Waals surface area contributed by atoms with E-state index in [1.165, 1.54) is 302 Å². The van der Waals surface area contributed by atoms with Gasteiger partial charge in [0.05, 0.1) is 25.4 Å². The zero-order valence-electron chi connectivity index (χ0n) is 53.1. The van der Waals surface area contributed by atoms with Gasteiger partial charge in [0.25, 0.3) is 0 Å². The maximum atomic E-state index is 12.5. The van der Waals surface area contributed by atoms with Crippen LogP contribution >= 0.6 is 0 Å². The lowest BCUT2D eigenvalue weighted by atomic mass is 10.0. The Balaban J connectivity index is 3.43. The molecule has 6 heteroatoms. The van der Waals surface area contributed by atoms with Crippen LogP contribution in [0.25, 0.3) is 0 Å². The van der Waals surface area contributed by atoms with Crippen molar-refractivity contribution in [2.24, 2.45) is 0 Å². The van der Waals surface area contributed by atoms with Crippen molar-refractivity contribution in [2.45, 2.75) is 392 Å². The predicted molar refractivity (Wildman–Crippen MR) is 347 cm³/mol. The fourth-order valence-electron chi connectivity index (χ4n) is 10.9. The van der Waals surface area contributed by atoms with Gasteiger partial charge in [-0.05, 0) is 83.5 Å². The fraction of sp³-hybridized carbons (Fsp3) is 0.863. The summed E-state index contributed by atoms with van der Waals surface area (Å²) in [6.07, 6.45) is 89.0. The van der Waals surface area contributed by atoms with Crippen molar-refractivity contribution in [1.29, 1.82) is 0 Å². The van der Waals surface area contributed by atoms with Crippen LogP contribution in [0.1, 0.15) is 380 Å². The molecule has 0 aromatic carbocycles. The molecule has 0 heterocycles. The van der Waals surface area contributed by atoms with Gasteiger partial charge in [-0.25, -0.2) is 0 Å². The first-order valence-electron chi connectivity index (χ1n) is 35.4. The van der Waals surface area contributed by atoms with E-state index < -0.39 is 12.1 Å². The standard InChI is InChI=1S/C73H137NO5/c1-3-5-7-9-11-13-15-17-18-19-20-21-26-29-32-35-38-42-45-49-53-57-61-65-71(76)70(69-75)74-72(77)66-62-58-54-50-46-43-39-36-33-30-27-24-22-23-25-28-31-34-37-40-44-48-52-56-60-64-68-79-73(78)67-63-59-55-51-47-41-16-14-12-10-8-6-4-2/h8,10,14,16,22,24,61,65,70-71,75-76H,3-7,9,11-13,15,17-21,23,25-60,62-64,66-69H2,1-2H3,(H,74,77)/b10-8-,16-14-,24-22-,65-61+. The number of aliphatic hydroxyl groups excluding tert-OH is 2. The quantitative estimate of drug-likeness (QED) is 0.0320. The minimum atomic E-state index is -0.848. The SMILES string of the molecule is CCC/C=C\C/C=C\CCCCCCCC(=O)OCCCCCCCCCCCCCC/C=C\CCCCCCCCCCCCC(=O)NC(CO)C(O)/C=C/CCCCCCCCCCCCCCCCCCCCCCC. The molecule has 0 aromatic rings. The van der Waals surface area contributed by atoms with Crippen LogP contribution in [-0.2, 0) is 14.3 Å². The Morgan fingerprint density at radius 3 is 1.03 bits per heavy atom. The summed E-state index contributed by atoms with van der Waals surface area (Å²) < 4.78 is 5.47. The normalized spacial score (nSPS) is 12.8. The first-order chi connectivity index (χ1) is 39.0. The number of ether oxygens (including phenoxy) is 1. The molecule has 0 saturated heterocycles. The Kier molecular flexibility index (Phi) is 66.4. The molecule has 2 atom stereocenters. The van der Waals surface area contributed by atoms with Gasteiger partial charge in [0.15, 0.2) is 0 Å². The molecule has 0 rings (SSSR count). The lowest BCUT2D eigenvalue weighted by Gasteiger charge is -2.20. The molecule has 0 aliphatic carbocycles. The van der Waals surface area contributed by atoms with E-state index in [1.54, 1.807) is 6.08 Å². The van der Waals surface area contributed by atoms with E-state index in [1.807, 2.05) is 6.08 Å². The summed E-state index contributed by atoms with van der Waals surface area (Å²) >= 11 is 0. The molecule has 0 bridgehead atoms. The first-order valence-corrected chi connectivity index (χ1v) is 35.4. The number of unbranched alkanes of at least 4 members (excludes halogenated alkanes) is 49. The third-order valence-corrected chi connectivity index (χ3v) is 16.3. The number of rotatable bonds is 66. The van der Waals surface area contributed by atoms with E-state index in [-0.39, 0.29) is 18.5 Å². The van der Waals surface area contributed by atoms with Gasteiger partial charge in [-0.1, -0.05) is 332 Å². The average molecular weight is 1110 g/mol. The van der Waals surface area contributed by atoms with Gasteiger partial charge in [0.2, 0.25) is 5.91 Å². The van der Waals surface area contributed by atoms with E-state index in [2.05, 4.69) is 55.6 Å². The van der Waals surface area contributed by atoms with Crippen LogP contribution in [0.4, 0.5) is 0 Å². The molecule has 2 unspecified atom stereocenters. The summed E-state index contributed by atoms with van der Waals surface area (Å²) in [5.74, 6) is -0.0679. The molecular formula is C73H137NO5. The predicted octanol–water partition coefficient (Wildman–Crippen LogP) is 22.9. The van der Waals surface area contributed by atoms with Crippen molar-refractivity contribution < 1.29 is 24.5 Å². The summed E-state index contributed by atoms with van der Waals surface area (Å²) in [4.78, 5) is 24.6. The number of carbonyl (C=O) groups excluding carboxylic acids is 2. The Hall–Kier alpha value is -2.18. The van der Waals surface area contributed by atoms with Crippen molar-refractivity contribution in [3.05, 3.63) is 48.6 Å². The maximum absolute atomic E-state index is 12.5. The van der Waals surface area contributed by atoms with Gasteiger partial charge in [0, 0.05) is 12.8 Å². The third-order valence-electron chi connectivity index (χ3n) is 16.3. The highest BCUT2D eigenvalue weighted by Crippen LogP contribution is 2.18. The Bertz CT molecular complexity index is 1320. The van der Waals surface area contributed by atoms with Gasteiger partial charge < -0.3 is 20.3 Å². The highest BCUT2D eigenvalue weighted by molar-refractivity contribution is 5.76. The summed E-state index contributed by atoms with van der Waals surface area (Å²) in [6, 6.07) is -0.631. The van der Waals surface area contributed by atoms with Crippen LogP contribution in [0.5, 0.6) is 0 Å².